The molecule has 2 aromatic carbocycles. The molecule has 0 bridgehead atoms. The van der Waals surface area contributed by atoms with Crippen LogP contribution in [0, 0.1) is 5.41 Å². The van der Waals surface area contributed by atoms with Crippen LogP contribution < -0.4 is 16.0 Å². The number of fused-ring (bicyclic) bond motifs is 2. The Morgan fingerprint density at radius 3 is 2.65 bits per heavy atom. The van der Waals surface area contributed by atoms with Gasteiger partial charge in [0.25, 0.3) is 11.8 Å². The van der Waals surface area contributed by atoms with Gasteiger partial charge in [0.15, 0.2) is 0 Å². The molecule has 266 valence electrons. The number of piperidine rings is 2. The van der Waals surface area contributed by atoms with Gasteiger partial charge in [-0.2, -0.15) is 8.78 Å². The number of imide groups is 1. The molecule has 0 aliphatic carbocycles. The predicted molar refractivity (Wildman–Crippen MR) is 185 cm³/mol. The molecule has 2 saturated heterocycles. The van der Waals surface area contributed by atoms with Crippen LogP contribution in [0.4, 0.5) is 8.78 Å². The zero-order valence-corrected chi connectivity index (χ0v) is 29.0. The molecule has 13 nitrogen and oxygen atoms in total. The Balaban J connectivity index is 0.948. The van der Waals surface area contributed by atoms with Gasteiger partial charge in [-0.05, 0) is 64.5 Å². The summed E-state index contributed by atoms with van der Waals surface area (Å²) in [6.07, 6.45) is 4.08. The Morgan fingerprint density at radius 1 is 1.12 bits per heavy atom. The van der Waals surface area contributed by atoms with Crippen molar-refractivity contribution in [2.24, 2.45) is 0 Å². The van der Waals surface area contributed by atoms with Gasteiger partial charge in [-0.25, -0.2) is 4.98 Å². The third kappa shape index (κ3) is 7.95. The number of allylic oxidation sites excluding steroid dienone is 1. The summed E-state index contributed by atoms with van der Waals surface area (Å²) in [4.78, 5) is 73.5. The molecule has 4 heterocycles. The largest absolute Gasteiger partial charge is 0.387 e. The van der Waals surface area contributed by atoms with Gasteiger partial charge in [0.1, 0.15) is 11.6 Å². The zero-order chi connectivity index (χ0) is 36.3. The van der Waals surface area contributed by atoms with Crippen molar-refractivity contribution in [2.45, 2.75) is 69.6 Å². The van der Waals surface area contributed by atoms with E-state index in [-0.39, 0.29) is 56.9 Å². The molecule has 1 unspecified atom stereocenters. The third-order valence-electron chi connectivity index (χ3n) is 9.29. The summed E-state index contributed by atoms with van der Waals surface area (Å²) in [6.45, 7) is 0.412. The number of halogens is 3. The third-order valence-corrected chi connectivity index (χ3v) is 9.93. The summed E-state index contributed by atoms with van der Waals surface area (Å²) in [5, 5.41) is 15.9. The molecular formula is C35H35BrF2N8O5. The Bertz CT molecular complexity index is 1950. The van der Waals surface area contributed by atoms with Crippen molar-refractivity contribution in [2.75, 3.05) is 13.1 Å². The molecule has 1 atom stereocenters. The first-order valence-corrected chi connectivity index (χ1v) is 17.3. The first kappa shape index (κ1) is 35.7. The van der Waals surface area contributed by atoms with Crippen molar-refractivity contribution in [1.82, 2.24) is 35.7 Å². The van der Waals surface area contributed by atoms with E-state index in [1.807, 2.05) is 18.2 Å². The number of alkyl halides is 2. The number of likely N-dealkylation sites (tertiary alicyclic amines) is 1. The second-order valence-corrected chi connectivity index (χ2v) is 13.6. The summed E-state index contributed by atoms with van der Waals surface area (Å²) in [7, 11) is 0. The maximum absolute atomic E-state index is 15.0. The number of nitrogens with zero attached hydrogens (tertiary/aromatic N) is 4. The van der Waals surface area contributed by atoms with Crippen molar-refractivity contribution in [3.8, 4) is 0 Å². The number of carbonyl (C=O) groups excluding carboxylic acids is 5. The number of amides is 5. The minimum absolute atomic E-state index is 0.0257. The molecule has 0 saturated carbocycles. The van der Waals surface area contributed by atoms with Gasteiger partial charge in [-0.1, -0.05) is 18.2 Å². The molecule has 51 heavy (non-hydrogen) atoms. The fraction of sp³-hybridized carbons (Fsp3) is 0.371. The van der Waals surface area contributed by atoms with E-state index < -0.39 is 42.5 Å². The molecule has 4 N–H and O–H groups in total. The monoisotopic (exact) mass is 764 g/mol. The van der Waals surface area contributed by atoms with Crippen LogP contribution in [-0.4, -0.2) is 86.6 Å². The lowest BCUT2D eigenvalue weighted by Gasteiger charge is -2.34. The maximum atomic E-state index is 15.0. The standard InChI is InChI=1S/C35H35BrF2N8O5/c36-25-2-1-3-26-31(25)43-27(18-41-26)22(15-39)17-40-23-9-12-45(13-10-23)34(51)35(37,38)11-8-29(47)42-16-20-4-5-24-21(14-20)19-46(33(24)50)28-6-7-30(48)44-32(28)49/h1-5,14-15,17-18,23,28,39-40H,6-13,16,19H2,(H,42,47)(H,44,48,49)/b22-17+,39-15?. The van der Waals surface area contributed by atoms with Crippen LogP contribution in [0.1, 0.15) is 65.7 Å². The van der Waals surface area contributed by atoms with E-state index in [1.165, 1.54) is 4.90 Å². The predicted octanol–water partition coefficient (Wildman–Crippen LogP) is 3.46. The molecule has 3 aliphatic heterocycles. The van der Waals surface area contributed by atoms with Crippen LogP contribution >= 0.6 is 15.9 Å². The number of carbonyl (C=O) groups is 5. The maximum Gasteiger partial charge on any atom is 0.325 e. The lowest BCUT2D eigenvalue weighted by molar-refractivity contribution is -0.160. The van der Waals surface area contributed by atoms with Crippen molar-refractivity contribution < 1.29 is 32.8 Å². The molecule has 16 heteroatoms. The highest BCUT2D eigenvalue weighted by atomic mass is 79.9. The molecule has 0 spiro atoms. The van der Waals surface area contributed by atoms with Crippen molar-refractivity contribution in [3.63, 3.8) is 0 Å². The van der Waals surface area contributed by atoms with Crippen molar-refractivity contribution in [1.29, 1.82) is 5.41 Å². The zero-order valence-electron chi connectivity index (χ0n) is 27.4. The van der Waals surface area contributed by atoms with E-state index in [2.05, 4.69) is 41.8 Å². The number of hydrogen-bond donors (Lipinski definition) is 4. The lowest BCUT2D eigenvalue weighted by Crippen LogP contribution is -2.52. The van der Waals surface area contributed by atoms with Crippen LogP contribution in [-0.2, 0) is 32.3 Å². The van der Waals surface area contributed by atoms with Crippen molar-refractivity contribution in [3.05, 3.63) is 75.7 Å². The second-order valence-electron chi connectivity index (χ2n) is 12.7. The molecular weight excluding hydrogens is 730 g/mol. The highest BCUT2D eigenvalue weighted by Crippen LogP contribution is 2.29. The topological polar surface area (TPSA) is 178 Å². The fourth-order valence-electron chi connectivity index (χ4n) is 6.42. The van der Waals surface area contributed by atoms with Gasteiger partial charge in [0, 0.05) is 79.5 Å². The Morgan fingerprint density at radius 2 is 1.90 bits per heavy atom. The lowest BCUT2D eigenvalue weighted by atomic mass is 10.0. The normalized spacial score (nSPS) is 18.5. The van der Waals surface area contributed by atoms with E-state index in [0.717, 1.165) is 15.6 Å². The first-order chi connectivity index (χ1) is 24.4. The number of hydrogen-bond acceptors (Lipinski definition) is 9. The minimum Gasteiger partial charge on any atom is -0.387 e. The van der Waals surface area contributed by atoms with Gasteiger partial charge < -0.3 is 25.8 Å². The highest BCUT2D eigenvalue weighted by molar-refractivity contribution is 9.10. The van der Waals surface area contributed by atoms with E-state index in [0.29, 0.717) is 51.8 Å². The van der Waals surface area contributed by atoms with Crippen LogP contribution in [0.5, 0.6) is 0 Å². The van der Waals surface area contributed by atoms with Crippen LogP contribution in [0.3, 0.4) is 0 Å². The van der Waals surface area contributed by atoms with Gasteiger partial charge in [0.05, 0.1) is 17.4 Å². The molecule has 3 aromatic rings. The average Bonchev–Trinajstić information content (AvgIpc) is 3.45. The van der Waals surface area contributed by atoms with E-state index in [1.54, 1.807) is 30.6 Å². The number of benzene rings is 2. The molecule has 0 radical (unpaired) electrons. The highest BCUT2D eigenvalue weighted by Gasteiger charge is 2.43. The minimum atomic E-state index is -3.72. The SMILES string of the molecule is N=C/C(=C\NC1CCN(C(=O)C(F)(F)CCC(=O)NCc2ccc3c(c2)CN(C2CCC(=O)NC2=O)C3=O)CC1)c1cnc2cccc(Br)c2n1. The molecule has 2 fully saturated rings. The molecule has 3 aliphatic rings. The van der Waals surface area contributed by atoms with Gasteiger partial charge in [-0.15, -0.1) is 0 Å². The van der Waals surface area contributed by atoms with Crippen LogP contribution in [0.2, 0.25) is 0 Å². The Labute approximate surface area is 299 Å². The summed E-state index contributed by atoms with van der Waals surface area (Å²) < 4.78 is 30.7. The quantitative estimate of drug-likeness (QED) is 0.170. The Hall–Kier alpha value is -5.12. The van der Waals surface area contributed by atoms with E-state index >= 15 is 0 Å². The van der Waals surface area contributed by atoms with E-state index in [9.17, 15) is 32.8 Å². The second kappa shape index (κ2) is 15.0. The summed E-state index contributed by atoms with van der Waals surface area (Å²) in [5.41, 5.74) is 4.07. The number of para-hydroxylation sites is 1. The number of rotatable bonds is 11. The summed E-state index contributed by atoms with van der Waals surface area (Å²) in [6, 6.07) is 9.63. The average molecular weight is 766 g/mol. The summed E-state index contributed by atoms with van der Waals surface area (Å²) in [5.74, 6) is -6.89. The van der Waals surface area contributed by atoms with Gasteiger partial charge in [0.2, 0.25) is 17.7 Å². The van der Waals surface area contributed by atoms with Crippen LogP contribution in [0.25, 0.3) is 16.6 Å². The van der Waals surface area contributed by atoms with Gasteiger partial charge in [-0.3, -0.25) is 34.3 Å². The number of nitrogens with one attached hydrogen (secondary N) is 4. The molecule has 5 amide bonds. The van der Waals surface area contributed by atoms with E-state index in [4.69, 9.17) is 5.41 Å². The van der Waals surface area contributed by atoms with Gasteiger partial charge >= 0.3 is 5.92 Å². The number of aromatic nitrogens is 2. The molecule has 1 aromatic heterocycles. The molecule has 6 rings (SSSR count). The van der Waals surface area contributed by atoms with Crippen molar-refractivity contribution >= 4 is 68.3 Å². The fourth-order valence-corrected chi connectivity index (χ4v) is 6.86. The smallest absolute Gasteiger partial charge is 0.325 e. The Kier molecular flexibility index (Phi) is 10.5. The first-order valence-electron chi connectivity index (χ1n) is 16.5. The summed E-state index contributed by atoms with van der Waals surface area (Å²) >= 11 is 3.47. The van der Waals surface area contributed by atoms with Crippen LogP contribution in [0.15, 0.2) is 53.3 Å².